The van der Waals surface area contributed by atoms with Crippen LogP contribution in [0.4, 0.5) is 0 Å². The third-order valence-corrected chi connectivity index (χ3v) is 9.91. The highest BCUT2D eigenvalue weighted by Crippen LogP contribution is 2.43. The smallest absolute Gasteiger partial charge is 0.223 e. The molecule has 2 bridgehead atoms. The van der Waals surface area contributed by atoms with Gasteiger partial charge >= 0.3 is 0 Å². The number of nitrogens with one attached hydrogen (secondary N) is 1. The van der Waals surface area contributed by atoms with Gasteiger partial charge in [0.1, 0.15) is 11.6 Å². The monoisotopic (exact) mass is 513 g/mol. The highest BCUT2D eigenvalue weighted by Gasteiger charge is 2.42. The number of carbonyl (C=O) groups excluding carboxylic acids is 1. The number of thiophene rings is 1. The van der Waals surface area contributed by atoms with E-state index in [2.05, 4.69) is 51.8 Å². The number of ether oxygens (including phenoxy) is 1. The zero-order chi connectivity index (χ0) is 25.2. The van der Waals surface area contributed by atoms with Crippen molar-refractivity contribution in [3.8, 4) is 5.06 Å². The van der Waals surface area contributed by atoms with E-state index < -0.39 is 0 Å². The van der Waals surface area contributed by atoms with Crippen LogP contribution in [-0.2, 0) is 4.79 Å². The Labute approximate surface area is 220 Å². The Morgan fingerprint density at radius 1 is 1.08 bits per heavy atom. The highest BCUT2D eigenvalue weighted by atomic mass is 32.1. The Kier molecular flexibility index (Phi) is 8.01. The largest absolute Gasteiger partial charge is 0.487 e. The summed E-state index contributed by atoms with van der Waals surface area (Å²) in [6.45, 7) is 7.55. The van der Waals surface area contributed by atoms with Gasteiger partial charge in [-0.1, -0.05) is 33.1 Å². The molecule has 2 aliphatic heterocycles. The Hall–Kier alpha value is -1.93. The molecule has 3 atom stereocenters. The summed E-state index contributed by atoms with van der Waals surface area (Å²) in [7, 11) is 1.72. The maximum atomic E-state index is 13.2. The summed E-state index contributed by atoms with van der Waals surface area (Å²) in [6.07, 6.45) is 11.5. The van der Waals surface area contributed by atoms with E-state index in [1.807, 2.05) is 6.07 Å². The molecule has 1 saturated carbocycles. The quantitative estimate of drug-likeness (QED) is 0.460. The zero-order valence-electron chi connectivity index (χ0n) is 22.4. The average molecular weight is 514 g/mol. The second-order valence-electron chi connectivity index (χ2n) is 11.4. The normalized spacial score (nSPS) is 25.9. The molecule has 1 aliphatic carbocycles. The summed E-state index contributed by atoms with van der Waals surface area (Å²) in [5.74, 6) is 2.99. The van der Waals surface area contributed by atoms with Crippen molar-refractivity contribution in [3.63, 3.8) is 0 Å². The summed E-state index contributed by atoms with van der Waals surface area (Å²) >= 11 is 1.67. The molecule has 2 aromatic heterocycles. The van der Waals surface area contributed by atoms with Gasteiger partial charge < -0.3 is 14.6 Å². The van der Waals surface area contributed by atoms with Crippen LogP contribution in [-0.4, -0.2) is 51.3 Å². The lowest BCUT2D eigenvalue weighted by molar-refractivity contribution is -0.126. The molecule has 4 heterocycles. The first-order valence-corrected chi connectivity index (χ1v) is 14.9. The van der Waals surface area contributed by atoms with Crippen molar-refractivity contribution in [2.75, 3.05) is 13.7 Å². The molecule has 3 aliphatic rings. The second-order valence-corrected chi connectivity index (χ2v) is 12.5. The molecule has 2 aromatic rings. The summed E-state index contributed by atoms with van der Waals surface area (Å²) < 4.78 is 7.90. The van der Waals surface area contributed by atoms with Gasteiger partial charge in [0.25, 0.3) is 0 Å². The SMILES string of the molecule is COc1ccc([C@H](CCN2C3CCC2CC(n2c(C)nnc2C(C)C)C3)NC(=O)C2CCCCC2)s1. The lowest BCUT2D eigenvalue weighted by atomic mass is 9.88. The van der Waals surface area contributed by atoms with Crippen LogP contribution in [0.2, 0.25) is 0 Å². The fraction of sp³-hybridized carbons (Fsp3) is 0.750. The van der Waals surface area contributed by atoms with E-state index in [1.54, 1.807) is 18.4 Å². The van der Waals surface area contributed by atoms with Crippen molar-refractivity contribution in [2.24, 2.45) is 5.92 Å². The minimum atomic E-state index is 0.0538. The molecular formula is C28H43N5O2S. The number of rotatable bonds is 9. The number of aromatic nitrogens is 3. The van der Waals surface area contributed by atoms with Crippen molar-refractivity contribution in [3.05, 3.63) is 28.7 Å². The highest BCUT2D eigenvalue weighted by molar-refractivity contribution is 7.13. The van der Waals surface area contributed by atoms with Crippen molar-refractivity contribution in [1.29, 1.82) is 0 Å². The fourth-order valence-corrected chi connectivity index (χ4v) is 7.81. The van der Waals surface area contributed by atoms with Gasteiger partial charge in [-0.15, -0.1) is 21.5 Å². The third kappa shape index (κ3) is 5.35. The Morgan fingerprint density at radius 2 is 1.81 bits per heavy atom. The van der Waals surface area contributed by atoms with E-state index in [4.69, 9.17) is 4.74 Å². The number of nitrogens with zero attached hydrogens (tertiary/aromatic N) is 4. The Bertz CT molecular complexity index is 1010. The molecule has 0 radical (unpaired) electrons. The minimum absolute atomic E-state index is 0.0538. The summed E-state index contributed by atoms with van der Waals surface area (Å²) in [4.78, 5) is 17.1. The molecule has 8 heteroatoms. The Balaban J connectivity index is 1.26. The minimum Gasteiger partial charge on any atom is -0.487 e. The van der Waals surface area contributed by atoms with Crippen molar-refractivity contribution >= 4 is 17.2 Å². The van der Waals surface area contributed by atoms with Gasteiger partial charge in [-0.3, -0.25) is 9.69 Å². The van der Waals surface area contributed by atoms with Crippen molar-refractivity contribution in [1.82, 2.24) is 25.0 Å². The van der Waals surface area contributed by atoms with E-state index in [1.165, 1.54) is 49.8 Å². The van der Waals surface area contributed by atoms with Gasteiger partial charge in [0.15, 0.2) is 5.06 Å². The number of carbonyl (C=O) groups is 1. The van der Waals surface area contributed by atoms with E-state index >= 15 is 0 Å². The van der Waals surface area contributed by atoms with Gasteiger partial charge in [0.05, 0.1) is 13.2 Å². The molecule has 0 aromatic carbocycles. The van der Waals surface area contributed by atoms with Crippen molar-refractivity contribution in [2.45, 2.75) is 115 Å². The first-order chi connectivity index (χ1) is 17.4. The van der Waals surface area contributed by atoms with Crippen LogP contribution >= 0.6 is 11.3 Å². The second kappa shape index (κ2) is 11.2. The number of fused-ring (bicyclic) bond motifs is 2. The molecule has 1 amide bonds. The summed E-state index contributed by atoms with van der Waals surface area (Å²) in [5.41, 5.74) is 0. The lowest BCUT2D eigenvalue weighted by Crippen LogP contribution is -2.45. The van der Waals surface area contributed by atoms with Crippen LogP contribution in [0.3, 0.4) is 0 Å². The molecule has 7 nitrogen and oxygen atoms in total. The molecular weight excluding hydrogens is 470 g/mol. The predicted molar refractivity (Wildman–Crippen MR) is 144 cm³/mol. The first-order valence-electron chi connectivity index (χ1n) is 14.1. The molecule has 0 spiro atoms. The van der Waals surface area contributed by atoms with Crippen LogP contribution in [0.1, 0.15) is 113 Å². The molecule has 1 N–H and O–H groups in total. The number of methoxy groups -OCH3 is 1. The maximum Gasteiger partial charge on any atom is 0.223 e. The van der Waals surface area contributed by atoms with Crippen LogP contribution in [0.15, 0.2) is 12.1 Å². The Morgan fingerprint density at radius 3 is 2.44 bits per heavy atom. The molecule has 2 saturated heterocycles. The van der Waals surface area contributed by atoms with Crippen LogP contribution in [0, 0.1) is 12.8 Å². The van der Waals surface area contributed by atoms with Crippen LogP contribution < -0.4 is 10.1 Å². The first kappa shape index (κ1) is 25.7. The summed E-state index contributed by atoms with van der Waals surface area (Å²) in [5, 5.41) is 13.3. The molecule has 36 heavy (non-hydrogen) atoms. The lowest BCUT2D eigenvalue weighted by Gasteiger charge is -2.40. The van der Waals surface area contributed by atoms with Crippen LogP contribution in [0.25, 0.3) is 0 Å². The van der Waals surface area contributed by atoms with Crippen LogP contribution in [0.5, 0.6) is 5.06 Å². The van der Waals surface area contributed by atoms with E-state index in [0.717, 1.165) is 42.5 Å². The zero-order valence-corrected chi connectivity index (χ0v) is 23.2. The summed E-state index contributed by atoms with van der Waals surface area (Å²) in [6, 6.07) is 5.92. The standard InChI is InChI=1S/C28H43N5O2S/c1-18(2)27-31-30-19(3)33(27)23-16-21-10-11-22(17-23)32(21)15-14-24(25-12-13-26(35-4)36-25)29-28(34)20-8-6-5-7-9-20/h12-13,18,20-24H,5-11,14-17H2,1-4H3,(H,29,34)/t21?,22?,23?,24-/m0/s1. The molecule has 198 valence electrons. The molecule has 3 fully saturated rings. The van der Waals surface area contributed by atoms with Crippen molar-refractivity contribution < 1.29 is 9.53 Å². The van der Waals surface area contributed by atoms with E-state index in [9.17, 15) is 4.79 Å². The van der Waals surface area contributed by atoms with E-state index in [-0.39, 0.29) is 17.9 Å². The molecule has 5 rings (SSSR count). The number of hydrogen-bond donors (Lipinski definition) is 1. The predicted octanol–water partition coefficient (Wildman–Crippen LogP) is 5.78. The number of hydrogen-bond acceptors (Lipinski definition) is 6. The number of aryl methyl sites for hydroxylation is 1. The van der Waals surface area contributed by atoms with Gasteiger partial charge in [0, 0.05) is 41.4 Å². The van der Waals surface area contributed by atoms with Gasteiger partial charge in [-0.2, -0.15) is 0 Å². The van der Waals surface area contributed by atoms with Gasteiger partial charge in [-0.05, 0) is 64.0 Å². The topological polar surface area (TPSA) is 72.3 Å². The third-order valence-electron chi connectivity index (χ3n) is 8.75. The number of amides is 1. The molecule has 2 unspecified atom stereocenters. The van der Waals surface area contributed by atoms with Gasteiger partial charge in [-0.25, -0.2) is 0 Å². The van der Waals surface area contributed by atoms with E-state index in [0.29, 0.717) is 24.0 Å². The maximum absolute atomic E-state index is 13.2. The van der Waals surface area contributed by atoms with Gasteiger partial charge in [0.2, 0.25) is 5.91 Å². The average Bonchev–Trinajstić information content (AvgIpc) is 3.58. The fourth-order valence-electron chi connectivity index (χ4n) is 6.90. The number of piperidine rings is 1.